The summed E-state index contributed by atoms with van der Waals surface area (Å²) in [4.78, 5) is 11.4. The number of carbonyl (C=O) groups excluding carboxylic acids is 1. The maximum atomic E-state index is 13.9. The predicted molar refractivity (Wildman–Crippen MR) is 68.4 cm³/mol. The quantitative estimate of drug-likeness (QED) is 0.351. The normalized spacial score (nSPS) is 15.9. The lowest BCUT2D eigenvalue weighted by Crippen LogP contribution is -2.62. The third-order valence-corrected chi connectivity index (χ3v) is 3.16. The zero-order chi connectivity index (χ0) is 22.2. The fourth-order valence-corrected chi connectivity index (χ4v) is 1.59. The lowest BCUT2D eigenvalue weighted by Gasteiger charge is -2.33. The maximum Gasteiger partial charge on any atom is 0.462 e. The van der Waals surface area contributed by atoms with E-state index >= 15 is 0 Å². The van der Waals surface area contributed by atoms with Crippen LogP contribution < -0.4 is 4.74 Å². The molecule has 0 aliphatic carbocycles. The molecule has 0 aliphatic heterocycles. The Labute approximate surface area is 149 Å². The Morgan fingerprint density at radius 1 is 0.821 bits per heavy atom. The van der Waals surface area contributed by atoms with Gasteiger partial charge in [-0.3, -0.25) is 4.74 Å². The topological polar surface area (TPSA) is 35.5 Å². The Bertz CT molecular complexity index is 694. The molecule has 0 spiro atoms. The lowest BCUT2D eigenvalue weighted by atomic mass is 10.2. The number of carbonyl (C=O) groups is 1. The van der Waals surface area contributed by atoms with Gasteiger partial charge in [-0.2, -0.15) is 48.3 Å². The van der Waals surface area contributed by atoms with Crippen LogP contribution in [0.15, 0.2) is 24.3 Å². The van der Waals surface area contributed by atoms with Gasteiger partial charge in [-0.15, -0.1) is 0 Å². The van der Waals surface area contributed by atoms with Gasteiger partial charge < -0.3 is 4.74 Å². The molecule has 0 bridgehead atoms. The van der Waals surface area contributed by atoms with Crippen LogP contribution in [0, 0.1) is 0 Å². The highest BCUT2D eigenvalue weighted by atomic mass is 19.4. The molecule has 0 amide bonds. The summed E-state index contributed by atoms with van der Waals surface area (Å²) in [6.07, 6.45) is -20.6. The van der Waals surface area contributed by atoms with Crippen LogP contribution in [0.25, 0.3) is 0 Å². The van der Waals surface area contributed by atoms with E-state index in [0.717, 1.165) is 12.1 Å². The zero-order valence-electron chi connectivity index (χ0n) is 13.4. The molecule has 0 aliphatic rings. The second-order valence-corrected chi connectivity index (χ2v) is 5.17. The fourth-order valence-electron chi connectivity index (χ4n) is 1.59. The monoisotopic (exact) mass is 434 g/mol. The van der Waals surface area contributed by atoms with Crippen molar-refractivity contribution in [3.63, 3.8) is 0 Å². The first-order valence-corrected chi connectivity index (χ1v) is 6.98. The van der Waals surface area contributed by atoms with Crippen molar-refractivity contribution >= 4 is 5.97 Å². The van der Waals surface area contributed by atoms with Gasteiger partial charge in [-0.05, 0) is 24.1 Å². The number of benzene rings is 1. The molecule has 0 fully saturated rings. The molecule has 1 aromatic carbocycles. The highest BCUT2D eigenvalue weighted by Crippen LogP contribution is 2.51. The number of hydrogen-bond acceptors (Lipinski definition) is 3. The Balaban J connectivity index is 3.26. The van der Waals surface area contributed by atoms with Gasteiger partial charge in [0.1, 0.15) is 5.75 Å². The van der Waals surface area contributed by atoms with Crippen LogP contribution >= 0.6 is 0 Å². The molecular weight excluding hydrogens is 425 g/mol. The summed E-state index contributed by atoms with van der Waals surface area (Å²) in [5, 5.41) is 0. The second-order valence-electron chi connectivity index (χ2n) is 5.17. The summed E-state index contributed by atoms with van der Waals surface area (Å²) in [5.41, 5.74) is 0.551. The van der Waals surface area contributed by atoms with Gasteiger partial charge in [0.25, 0.3) is 0 Å². The van der Waals surface area contributed by atoms with E-state index in [2.05, 4.69) is 9.47 Å². The second kappa shape index (κ2) is 7.37. The summed E-state index contributed by atoms with van der Waals surface area (Å²) >= 11 is 0. The minimum Gasteiger partial charge on any atom is -0.422 e. The van der Waals surface area contributed by atoms with E-state index in [0.29, 0.717) is 12.0 Å². The van der Waals surface area contributed by atoms with Crippen LogP contribution in [-0.4, -0.2) is 36.2 Å². The summed E-state index contributed by atoms with van der Waals surface area (Å²) < 4.78 is 146. The van der Waals surface area contributed by atoms with Gasteiger partial charge in [-0.1, -0.05) is 19.1 Å². The van der Waals surface area contributed by atoms with Crippen molar-refractivity contribution in [3.05, 3.63) is 29.8 Å². The van der Waals surface area contributed by atoms with Gasteiger partial charge in [0.15, 0.2) is 0 Å². The molecule has 0 radical (unpaired) electrons. The van der Waals surface area contributed by atoms with E-state index in [1.165, 1.54) is 12.1 Å². The first kappa shape index (κ1) is 23.9. The number of aryl methyl sites for hydroxylation is 1. The molecule has 0 saturated heterocycles. The van der Waals surface area contributed by atoms with Gasteiger partial charge in [0, 0.05) is 0 Å². The molecule has 1 rings (SSSR count). The first-order chi connectivity index (χ1) is 12.4. The van der Waals surface area contributed by atoms with Crippen LogP contribution in [-0.2, 0) is 16.0 Å². The zero-order valence-corrected chi connectivity index (χ0v) is 13.4. The Morgan fingerprint density at radius 2 is 1.29 bits per heavy atom. The average molecular weight is 434 g/mol. The molecule has 0 aromatic heterocycles. The van der Waals surface area contributed by atoms with E-state index in [-0.39, 0.29) is 0 Å². The largest absolute Gasteiger partial charge is 0.462 e. The summed E-state index contributed by atoms with van der Waals surface area (Å²) in [7, 11) is 0. The van der Waals surface area contributed by atoms with Crippen molar-refractivity contribution < 1.29 is 62.6 Å². The molecule has 1 atom stereocenters. The first-order valence-electron chi connectivity index (χ1n) is 6.98. The van der Waals surface area contributed by atoms with E-state index in [9.17, 15) is 53.1 Å². The minimum atomic E-state index is -7.26. The van der Waals surface area contributed by atoms with E-state index < -0.39 is 42.0 Å². The van der Waals surface area contributed by atoms with E-state index in [1.807, 2.05) is 0 Å². The molecule has 28 heavy (non-hydrogen) atoms. The molecule has 1 aromatic rings. The van der Waals surface area contributed by atoms with Crippen molar-refractivity contribution in [2.75, 3.05) is 0 Å². The lowest BCUT2D eigenvalue weighted by molar-refractivity contribution is -0.474. The van der Waals surface area contributed by atoms with Crippen molar-refractivity contribution in [2.45, 2.75) is 43.6 Å². The fraction of sp³-hybridized carbons (Fsp3) is 0.500. The van der Waals surface area contributed by atoms with Crippen molar-refractivity contribution in [2.24, 2.45) is 0 Å². The smallest absolute Gasteiger partial charge is 0.422 e. The van der Waals surface area contributed by atoms with Crippen molar-refractivity contribution in [1.29, 1.82) is 0 Å². The molecular formula is C14H9F11O3. The third kappa shape index (κ3) is 4.47. The Kier molecular flexibility index (Phi) is 6.29. The van der Waals surface area contributed by atoms with Gasteiger partial charge in [0.05, 0.1) is 0 Å². The maximum absolute atomic E-state index is 13.9. The third-order valence-electron chi connectivity index (χ3n) is 3.16. The summed E-state index contributed by atoms with van der Waals surface area (Å²) in [6, 6.07) is 3.94. The van der Waals surface area contributed by atoms with Crippen LogP contribution in [0.1, 0.15) is 12.5 Å². The van der Waals surface area contributed by atoms with Crippen molar-refractivity contribution in [1.82, 2.24) is 0 Å². The summed E-state index contributed by atoms with van der Waals surface area (Å²) in [5.74, 6) is -17.8. The van der Waals surface area contributed by atoms with Gasteiger partial charge in [0.2, 0.25) is 0 Å². The Hall–Kier alpha value is -2.12. The number of halogens is 11. The van der Waals surface area contributed by atoms with Gasteiger partial charge in [-0.25, -0.2) is 4.79 Å². The number of hydrogen-bond donors (Lipinski definition) is 0. The van der Waals surface area contributed by atoms with Crippen LogP contribution in [0.3, 0.4) is 0 Å². The molecule has 0 saturated carbocycles. The molecule has 0 N–H and O–H groups in total. The molecule has 3 nitrogen and oxygen atoms in total. The molecule has 160 valence electrons. The van der Waals surface area contributed by atoms with E-state index in [1.54, 1.807) is 6.92 Å². The average Bonchev–Trinajstić information content (AvgIpc) is 2.52. The minimum absolute atomic E-state index is 0.408. The van der Waals surface area contributed by atoms with Gasteiger partial charge >= 0.3 is 36.2 Å². The van der Waals surface area contributed by atoms with Crippen molar-refractivity contribution in [3.8, 4) is 5.75 Å². The van der Waals surface area contributed by atoms with Crippen LogP contribution in [0.2, 0.25) is 0 Å². The highest BCUT2D eigenvalue weighted by molar-refractivity contribution is 5.81. The molecule has 0 heterocycles. The molecule has 14 heteroatoms. The molecule has 1 unspecified atom stereocenters. The summed E-state index contributed by atoms with van der Waals surface area (Å²) in [6.45, 7) is 1.65. The van der Waals surface area contributed by atoms with Crippen LogP contribution in [0.4, 0.5) is 48.3 Å². The SMILES string of the molecule is CCc1ccc(OC(=O)C(F)(OC(F)(F)C(F)(F)C(F)(F)F)C(F)(F)F)cc1. The van der Waals surface area contributed by atoms with Crippen LogP contribution in [0.5, 0.6) is 5.75 Å². The number of rotatable bonds is 6. The highest BCUT2D eigenvalue weighted by Gasteiger charge is 2.80. The standard InChI is InChI=1S/C14H9F11O3/c1-2-7-3-5-8(6-4-7)27-9(26)10(15,12(18,19)20)28-14(24,25)11(16,17)13(21,22)23/h3-6H,2H2,1H3. The van der Waals surface area contributed by atoms with E-state index in [4.69, 9.17) is 0 Å². The number of ether oxygens (including phenoxy) is 2. The predicted octanol–water partition coefficient (Wildman–Crippen LogP) is 5.19. The number of alkyl halides is 11. The Morgan fingerprint density at radius 3 is 1.64 bits per heavy atom. The number of esters is 1.